The molecular formula is C35H42N4O3. The van der Waals surface area contributed by atoms with E-state index in [2.05, 4.69) is 64.6 Å². The fraction of sp³-hybridized carbons (Fsp3) is 0.429. The van der Waals surface area contributed by atoms with E-state index in [0.29, 0.717) is 12.8 Å². The number of hydrogen-bond acceptors (Lipinski definition) is 6. The molecule has 1 fully saturated rings. The number of Topliss-reactive ketones (excluding diaryl/α,β-unsaturated/α-hetero) is 1. The van der Waals surface area contributed by atoms with Crippen molar-refractivity contribution in [1.29, 1.82) is 0 Å². The lowest BCUT2D eigenvalue weighted by Gasteiger charge is -2.36. The van der Waals surface area contributed by atoms with Crippen molar-refractivity contribution in [3.8, 4) is 0 Å². The molecule has 0 radical (unpaired) electrons. The topological polar surface area (TPSA) is 77.8 Å². The van der Waals surface area contributed by atoms with Crippen molar-refractivity contribution in [3.63, 3.8) is 0 Å². The maximum Gasteiger partial charge on any atom is 0.239 e. The quantitative estimate of drug-likeness (QED) is 0.307. The number of fused-ring (bicyclic) bond motifs is 1. The number of nitrogens with zero attached hydrogens (tertiary/aromatic N) is 2. The van der Waals surface area contributed by atoms with Gasteiger partial charge in [0.1, 0.15) is 5.76 Å². The molecule has 0 bridgehead atoms. The summed E-state index contributed by atoms with van der Waals surface area (Å²) in [5.41, 5.74) is 5.64. The van der Waals surface area contributed by atoms with Crippen LogP contribution >= 0.6 is 0 Å². The number of carbonyl (C=O) groups is 2. The minimum atomic E-state index is -0.399. The summed E-state index contributed by atoms with van der Waals surface area (Å²) in [6.45, 7) is 6.33. The van der Waals surface area contributed by atoms with Crippen molar-refractivity contribution in [2.24, 2.45) is 0 Å². The highest BCUT2D eigenvalue weighted by Crippen LogP contribution is 2.47. The second-order valence-corrected chi connectivity index (χ2v) is 11.8. The lowest BCUT2D eigenvalue weighted by molar-refractivity contribution is -0.121. The Bertz CT molecular complexity index is 1420. The average molecular weight is 567 g/mol. The Morgan fingerprint density at radius 1 is 0.976 bits per heavy atom. The standard InChI is InChI=1S/C35H42N4O3/c1-3-38(4-2)27-18-16-24(17-19-27)35-34-29(21-25(22-31(34)40)32-15-10-20-42-32)37-28-13-8-9-14-30(28)39(35)23-33(41)36-26-11-6-5-7-12-26/h8-10,13-20,25-26,35,37H,3-7,11-12,21-23H2,1-2H3,(H,36,41)/t25-,35+/m0/s1. The van der Waals surface area contributed by atoms with Crippen LogP contribution in [0.1, 0.15) is 82.1 Å². The van der Waals surface area contributed by atoms with E-state index in [1.54, 1.807) is 6.26 Å². The molecule has 1 saturated carbocycles. The zero-order valence-corrected chi connectivity index (χ0v) is 24.8. The zero-order valence-electron chi connectivity index (χ0n) is 24.8. The smallest absolute Gasteiger partial charge is 0.239 e. The Morgan fingerprint density at radius 2 is 1.74 bits per heavy atom. The number of furan rings is 1. The molecule has 1 amide bonds. The third-order valence-corrected chi connectivity index (χ3v) is 9.16. The van der Waals surface area contributed by atoms with Gasteiger partial charge in [0.2, 0.25) is 5.91 Å². The van der Waals surface area contributed by atoms with Gasteiger partial charge in [-0.1, -0.05) is 43.5 Å². The fourth-order valence-corrected chi connectivity index (χ4v) is 7.03. The van der Waals surface area contributed by atoms with Gasteiger partial charge in [-0.05, 0) is 75.1 Å². The van der Waals surface area contributed by atoms with Crippen molar-refractivity contribution in [2.75, 3.05) is 34.8 Å². The first-order valence-electron chi connectivity index (χ1n) is 15.6. The Kier molecular flexibility index (Phi) is 8.36. The number of nitrogens with one attached hydrogen (secondary N) is 2. The summed E-state index contributed by atoms with van der Waals surface area (Å²) in [7, 11) is 0. The minimum absolute atomic E-state index is 0.00207. The van der Waals surface area contributed by atoms with Gasteiger partial charge in [-0.25, -0.2) is 0 Å². The molecule has 2 aliphatic carbocycles. The van der Waals surface area contributed by atoms with Gasteiger partial charge >= 0.3 is 0 Å². The van der Waals surface area contributed by atoms with E-state index in [-0.39, 0.29) is 30.2 Å². The maximum atomic E-state index is 14.2. The van der Waals surface area contributed by atoms with Gasteiger partial charge in [-0.15, -0.1) is 0 Å². The predicted octanol–water partition coefficient (Wildman–Crippen LogP) is 6.95. The molecule has 2 N–H and O–H groups in total. The van der Waals surface area contributed by atoms with Gasteiger partial charge in [0.25, 0.3) is 0 Å². The highest BCUT2D eigenvalue weighted by Gasteiger charge is 2.40. The lowest BCUT2D eigenvalue weighted by atomic mass is 9.80. The van der Waals surface area contributed by atoms with Crippen LogP contribution in [0.3, 0.4) is 0 Å². The highest BCUT2D eigenvalue weighted by molar-refractivity contribution is 6.02. The lowest BCUT2D eigenvalue weighted by Crippen LogP contribution is -2.45. The molecule has 2 aromatic carbocycles. The van der Waals surface area contributed by atoms with Crippen LogP contribution in [0.15, 0.2) is 82.6 Å². The van der Waals surface area contributed by atoms with Crippen LogP contribution < -0.4 is 20.4 Å². The molecular weight excluding hydrogens is 524 g/mol. The Hall–Kier alpha value is -4.00. The number of hydrogen-bond donors (Lipinski definition) is 2. The van der Waals surface area contributed by atoms with Crippen LogP contribution in [0.2, 0.25) is 0 Å². The zero-order chi connectivity index (χ0) is 29.1. The predicted molar refractivity (Wildman–Crippen MR) is 168 cm³/mol. The molecule has 2 atom stereocenters. The van der Waals surface area contributed by atoms with Crippen molar-refractivity contribution in [1.82, 2.24) is 5.32 Å². The number of carbonyl (C=O) groups excluding carboxylic acids is 2. The van der Waals surface area contributed by atoms with E-state index in [1.165, 1.54) is 6.42 Å². The summed E-state index contributed by atoms with van der Waals surface area (Å²) < 4.78 is 5.75. The van der Waals surface area contributed by atoms with Crippen LogP contribution in [-0.4, -0.2) is 37.4 Å². The molecule has 3 aromatic rings. The van der Waals surface area contributed by atoms with Gasteiger partial charge in [0.15, 0.2) is 5.78 Å². The number of rotatable bonds is 8. The molecule has 2 heterocycles. The third kappa shape index (κ3) is 5.69. The second-order valence-electron chi connectivity index (χ2n) is 11.8. The van der Waals surface area contributed by atoms with Crippen LogP contribution in [0.4, 0.5) is 17.1 Å². The SMILES string of the molecule is CCN(CC)c1ccc([C@@H]2C3=C(C[C@H](c4ccco4)CC3=O)Nc3ccccc3N2CC(=O)NC2CCCCC2)cc1. The van der Waals surface area contributed by atoms with E-state index >= 15 is 0 Å². The first-order valence-corrected chi connectivity index (χ1v) is 15.6. The van der Waals surface area contributed by atoms with Crippen LogP contribution in [0.25, 0.3) is 0 Å². The molecule has 7 heteroatoms. The summed E-state index contributed by atoms with van der Waals surface area (Å²) >= 11 is 0. The number of ketones is 1. The van der Waals surface area contributed by atoms with E-state index < -0.39 is 6.04 Å². The normalized spacial score (nSPS) is 20.8. The van der Waals surface area contributed by atoms with Gasteiger partial charge < -0.3 is 24.9 Å². The summed E-state index contributed by atoms with van der Waals surface area (Å²) in [5.74, 6) is 0.895. The minimum Gasteiger partial charge on any atom is -0.469 e. The van der Waals surface area contributed by atoms with E-state index in [0.717, 1.165) is 78.4 Å². The summed E-state index contributed by atoms with van der Waals surface area (Å²) in [5, 5.41) is 6.97. The molecule has 220 valence electrons. The Labute approximate surface area is 249 Å². The molecule has 0 saturated heterocycles. The maximum absolute atomic E-state index is 14.2. The number of anilines is 3. The Balaban J connectivity index is 1.43. The average Bonchev–Trinajstić information content (AvgIpc) is 3.51. The fourth-order valence-electron chi connectivity index (χ4n) is 7.03. The van der Waals surface area contributed by atoms with Gasteiger partial charge in [0, 0.05) is 48.4 Å². The van der Waals surface area contributed by atoms with Crippen LogP contribution in [0, 0.1) is 0 Å². The first-order chi connectivity index (χ1) is 20.6. The number of benzene rings is 2. The monoisotopic (exact) mass is 566 g/mol. The third-order valence-electron chi connectivity index (χ3n) is 9.16. The second kappa shape index (κ2) is 12.5. The molecule has 7 nitrogen and oxygen atoms in total. The molecule has 1 aliphatic heterocycles. The largest absolute Gasteiger partial charge is 0.469 e. The summed E-state index contributed by atoms with van der Waals surface area (Å²) in [4.78, 5) is 32.3. The molecule has 6 rings (SSSR count). The molecule has 42 heavy (non-hydrogen) atoms. The molecule has 0 spiro atoms. The number of amides is 1. The number of para-hydroxylation sites is 2. The van der Waals surface area contributed by atoms with Crippen LogP contribution in [-0.2, 0) is 9.59 Å². The highest BCUT2D eigenvalue weighted by atomic mass is 16.3. The summed E-state index contributed by atoms with van der Waals surface area (Å²) in [6, 6.07) is 20.3. The van der Waals surface area contributed by atoms with Gasteiger partial charge in [0.05, 0.1) is 30.2 Å². The summed E-state index contributed by atoms with van der Waals surface area (Å²) in [6.07, 6.45) is 8.33. The molecule has 1 aromatic heterocycles. The van der Waals surface area contributed by atoms with Crippen molar-refractivity contribution in [3.05, 3.63) is 89.5 Å². The van der Waals surface area contributed by atoms with Crippen molar-refractivity contribution in [2.45, 2.75) is 76.8 Å². The number of allylic oxidation sites excluding steroid dienone is 1. The van der Waals surface area contributed by atoms with E-state index in [4.69, 9.17) is 4.42 Å². The van der Waals surface area contributed by atoms with Crippen molar-refractivity contribution < 1.29 is 14.0 Å². The molecule has 0 unspecified atom stereocenters. The van der Waals surface area contributed by atoms with Gasteiger partial charge in [-0.2, -0.15) is 0 Å². The van der Waals surface area contributed by atoms with Crippen LogP contribution in [0.5, 0.6) is 0 Å². The van der Waals surface area contributed by atoms with Gasteiger partial charge in [-0.3, -0.25) is 9.59 Å². The van der Waals surface area contributed by atoms with Crippen molar-refractivity contribution >= 4 is 28.8 Å². The Morgan fingerprint density at radius 3 is 2.45 bits per heavy atom. The van der Waals surface area contributed by atoms with E-state index in [1.807, 2.05) is 30.3 Å². The van der Waals surface area contributed by atoms with E-state index in [9.17, 15) is 9.59 Å². The first kappa shape index (κ1) is 28.1. The molecule has 3 aliphatic rings.